The Bertz CT molecular complexity index is 356. The van der Waals surface area contributed by atoms with Crippen LogP contribution in [-0.2, 0) is 14.2 Å². The number of carbonyl (C=O) groups is 1. The SMILES string of the molecule is CC(C)(C)OC(=O)N1CCOCC2(CC(CN)CO2)C1. The van der Waals surface area contributed by atoms with E-state index >= 15 is 0 Å². The van der Waals surface area contributed by atoms with E-state index in [0.717, 1.165) is 6.42 Å². The molecule has 2 fully saturated rings. The Labute approximate surface area is 120 Å². The molecule has 0 bridgehead atoms. The number of amides is 1. The molecule has 2 N–H and O–H groups in total. The average molecular weight is 286 g/mol. The van der Waals surface area contributed by atoms with Gasteiger partial charge in [0.1, 0.15) is 11.2 Å². The van der Waals surface area contributed by atoms with Crippen LogP contribution in [0.25, 0.3) is 0 Å². The van der Waals surface area contributed by atoms with Gasteiger partial charge in [-0.25, -0.2) is 4.79 Å². The lowest BCUT2D eigenvalue weighted by molar-refractivity contribution is -0.0575. The summed E-state index contributed by atoms with van der Waals surface area (Å²) >= 11 is 0. The summed E-state index contributed by atoms with van der Waals surface area (Å²) in [4.78, 5) is 13.9. The van der Waals surface area contributed by atoms with E-state index in [1.165, 1.54) is 0 Å². The van der Waals surface area contributed by atoms with Crippen molar-refractivity contribution in [1.29, 1.82) is 0 Å². The molecule has 2 rings (SSSR count). The molecule has 2 aliphatic heterocycles. The minimum absolute atomic E-state index is 0.304. The van der Waals surface area contributed by atoms with Gasteiger partial charge < -0.3 is 24.8 Å². The lowest BCUT2D eigenvalue weighted by Crippen LogP contribution is -2.47. The highest BCUT2D eigenvalue weighted by atomic mass is 16.6. The Hall–Kier alpha value is -0.850. The fourth-order valence-electron chi connectivity index (χ4n) is 2.69. The van der Waals surface area contributed by atoms with E-state index in [1.54, 1.807) is 4.90 Å². The Morgan fingerprint density at radius 1 is 1.50 bits per heavy atom. The van der Waals surface area contributed by atoms with Crippen LogP contribution in [0.3, 0.4) is 0 Å². The quantitative estimate of drug-likeness (QED) is 0.778. The molecule has 2 saturated heterocycles. The monoisotopic (exact) mass is 286 g/mol. The van der Waals surface area contributed by atoms with Gasteiger partial charge in [0.25, 0.3) is 0 Å². The highest BCUT2D eigenvalue weighted by Gasteiger charge is 2.44. The van der Waals surface area contributed by atoms with Gasteiger partial charge in [-0.05, 0) is 39.7 Å². The first kappa shape index (κ1) is 15.5. The molecule has 2 unspecified atom stereocenters. The summed E-state index contributed by atoms with van der Waals surface area (Å²) in [6.07, 6.45) is 0.533. The molecule has 0 aromatic rings. The fourth-order valence-corrected chi connectivity index (χ4v) is 2.69. The van der Waals surface area contributed by atoms with Gasteiger partial charge in [-0.2, -0.15) is 0 Å². The second kappa shape index (κ2) is 5.87. The highest BCUT2D eigenvalue weighted by Crippen LogP contribution is 2.32. The van der Waals surface area contributed by atoms with Crippen LogP contribution in [0.4, 0.5) is 4.79 Å². The van der Waals surface area contributed by atoms with E-state index in [4.69, 9.17) is 19.9 Å². The number of nitrogens with zero attached hydrogens (tertiary/aromatic N) is 1. The predicted octanol–water partition coefficient (Wildman–Crippen LogP) is 0.988. The molecule has 116 valence electrons. The molecule has 6 heteroatoms. The molecule has 1 amide bonds. The van der Waals surface area contributed by atoms with Gasteiger partial charge in [-0.15, -0.1) is 0 Å². The van der Waals surface area contributed by atoms with Gasteiger partial charge in [0.15, 0.2) is 0 Å². The van der Waals surface area contributed by atoms with Crippen molar-refractivity contribution in [2.24, 2.45) is 11.7 Å². The van der Waals surface area contributed by atoms with Crippen LogP contribution < -0.4 is 5.73 Å². The Morgan fingerprint density at radius 2 is 2.25 bits per heavy atom. The second-order valence-corrected chi connectivity index (χ2v) is 6.75. The number of nitrogens with two attached hydrogens (primary N) is 1. The summed E-state index contributed by atoms with van der Waals surface area (Å²) in [5, 5.41) is 0. The third-order valence-electron chi connectivity index (χ3n) is 3.62. The smallest absolute Gasteiger partial charge is 0.410 e. The molecule has 0 saturated carbocycles. The first-order valence-electron chi connectivity index (χ1n) is 7.23. The molecule has 0 aromatic carbocycles. The maximum Gasteiger partial charge on any atom is 0.410 e. The van der Waals surface area contributed by atoms with Crippen molar-refractivity contribution in [2.75, 3.05) is 39.5 Å². The van der Waals surface area contributed by atoms with E-state index < -0.39 is 11.2 Å². The van der Waals surface area contributed by atoms with Crippen LogP contribution in [0, 0.1) is 5.92 Å². The molecule has 2 heterocycles. The zero-order chi connectivity index (χ0) is 14.8. The zero-order valence-corrected chi connectivity index (χ0v) is 12.7. The lowest BCUT2D eigenvalue weighted by Gasteiger charge is -2.32. The van der Waals surface area contributed by atoms with Gasteiger partial charge in [0, 0.05) is 6.54 Å². The molecular formula is C14H26N2O4. The van der Waals surface area contributed by atoms with Crippen LogP contribution in [0.2, 0.25) is 0 Å². The highest BCUT2D eigenvalue weighted by molar-refractivity contribution is 5.68. The van der Waals surface area contributed by atoms with Gasteiger partial charge in [-0.3, -0.25) is 0 Å². The van der Waals surface area contributed by atoms with Crippen molar-refractivity contribution in [3.63, 3.8) is 0 Å². The number of carbonyl (C=O) groups excluding carboxylic acids is 1. The van der Waals surface area contributed by atoms with Gasteiger partial charge >= 0.3 is 6.09 Å². The number of hydrogen-bond donors (Lipinski definition) is 1. The zero-order valence-electron chi connectivity index (χ0n) is 12.7. The van der Waals surface area contributed by atoms with Crippen molar-refractivity contribution in [3.05, 3.63) is 0 Å². The normalized spacial score (nSPS) is 31.4. The van der Waals surface area contributed by atoms with Crippen LogP contribution in [0.1, 0.15) is 27.2 Å². The minimum atomic E-state index is -0.492. The van der Waals surface area contributed by atoms with E-state index in [0.29, 0.717) is 45.4 Å². The summed E-state index contributed by atoms with van der Waals surface area (Å²) in [6.45, 7) is 8.92. The molecule has 6 nitrogen and oxygen atoms in total. The summed E-state index contributed by atoms with van der Waals surface area (Å²) in [5.41, 5.74) is 4.80. The predicted molar refractivity (Wildman–Crippen MR) is 74.5 cm³/mol. The van der Waals surface area contributed by atoms with E-state index in [2.05, 4.69) is 0 Å². The molecule has 0 aromatic heterocycles. The molecular weight excluding hydrogens is 260 g/mol. The molecule has 0 radical (unpaired) electrons. The topological polar surface area (TPSA) is 74.0 Å². The molecule has 0 aliphatic carbocycles. The third kappa shape index (κ3) is 3.84. The summed E-state index contributed by atoms with van der Waals surface area (Å²) in [7, 11) is 0. The summed E-state index contributed by atoms with van der Waals surface area (Å²) in [6, 6.07) is 0. The van der Waals surface area contributed by atoms with E-state index in [1.807, 2.05) is 20.8 Å². The number of rotatable bonds is 1. The van der Waals surface area contributed by atoms with Crippen molar-refractivity contribution < 1.29 is 19.0 Å². The summed E-state index contributed by atoms with van der Waals surface area (Å²) < 4.78 is 17.0. The standard InChI is InChI=1S/C14H26N2O4/c1-13(2,3)20-12(17)16-4-5-18-10-14(9-16)6-11(7-15)8-19-14/h11H,4-10,15H2,1-3H3. The third-order valence-corrected chi connectivity index (χ3v) is 3.62. The van der Waals surface area contributed by atoms with Crippen LogP contribution in [-0.4, -0.2) is 61.7 Å². The van der Waals surface area contributed by atoms with E-state index in [-0.39, 0.29) is 6.09 Å². The van der Waals surface area contributed by atoms with Crippen molar-refractivity contribution in [1.82, 2.24) is 4.90 Å². The Kier molecular flexibility index (Phi) is 4.56. The van der Waals surface area contributed by atoms with Gasteiger partial charge in [0.05, 0.1) is 26.4 Å². The van der Waals surface area contributed by atoms with Crippen LogP contribution >= 0.6 is 0 Å². The Morgan fingerprint density at radius 3 is 2.85 bits per heavy atom. The molecule has 2 aliphatic rings. The molecule has 20 heavy (non-hydrogen) atoms. The second-order valence-electron chi connectivity index (χ2n) is 6.75. The molecule has 2 atom stereocenters. The Balaban J connectivity index is 2.02. The first-order chi connectivity index (χ1) is 9.34. The maximum absolute atomic E-state index is 12.2. The fraction of sp³-hybridized carbons (Fsp3) is 0.929. The van der Waals surface area contributed by atoms with Crippen molar-refractivity contribution >= 4 is 6.09 Å². The number of hydrogen-bond acceptors (Lipinski definition) is 5. The maximum atomic E-state index is 12.2. The first-order valence-corrected chi connectivity index (χ1v) is 7.23. The molecule has 1 spiro atoms. The van der Waals surface area contributed by atoms with Gasteiger partial charge in [0.2, 0.25) is 0 Å². The van der Waals surface area contributed by atoms with Crippen LogP contribution in [0.15, 0.2) is 0 Å². The largest absolute Gasteiger partial charge is 0.444 e. The number of ether oxygens (including phenoxy) is 3. The summed E-state index contributed by atoms with van der Waals surface area (Å²) in [5.74, 6) is 0.345. The van der Waals surface area contributed by atoms with Crippen LogP contribution in [0.5, 0.6) is 0 Å². The van der Waals surface area contributed by atoms with Gasteiger partial charge in [-0.1, -0.05) is 0 Å². The van der Waals surface area contributed by atoms with E-state index in [9.17, 15) is 4.79 Å². The van der Waals surface area contributed by atoms with Crippen molar-refractivity contribution in [3.8, 4) is 0 Å². The average Bonchev–Trinajstić information content (AvgIpc) is 2.61. The lowest BCUT2D eigenvalue weighted by atomic mass is 9.94. The van der Waals surface area contributed by atoms with Crippen molar-refractivity contribution in [2.45, 2.75) is 38.4 Å². The minimum Gasteiger partial charge on any atom is -0.444 e.